The van der Waals surface area contributed by atoms with E-state index in [2.05, 4.69) is 5.32 Å². The van der Waals surface area contributed by atoms with E-state index in [1.165, 1.54) is 18.2 Å². The van der Waals surface area contributed by atoms with E-state index in [0.29, 0.717) is 52.8 Å². The molecule has 0 bridgehead atoms. The molecule has 2 aromatic carbocycles. The van der Waals surface area contributed by atoms with Gasteiger partial charge in [0, 0.05) is 19.0 Å². The quantitative estimate of drug-likeness (QED) is 0.294. The van der Waals surface area contributed by atoms with Crippen molar-refractivity contribution in [3.05, 3.63) is 64.5 Å². The highest BCUT2D eigenvalue weighted by Crippen LogP contribution is 2.29. The Kier molecular flexibility index (Phi) is 7.75. The third kappa shape index (κ3) is 6.03. The van der Waals surface area contributed by atoms with Crippen LogP contribution in [0.2, 0.25) is 0 Å². The summed E-state index contributed by atoms with van der Waals surface area (Å²) >= 11 is 1.07. The molecule has 0 radical (unpaired) electrons. The van der Waals surface area contributed by atoms with Gasteiger partial charge in [0.15, 0.2) is 5.78 Å². The molecule has 1 amide bonds. The summed E-state index contributed by atoms with van der Waals surface area (Å²) in [5.41, 5.74) is -0.0433. The second-order valence-corrected chi connectivity index (χ2v) is 9.68. The number of thiophene rings is 1. The third-order valence-electron chi connectivity index (χ3n) is 6.15. The number of ether oxygens (including phenoxy) is 1. The van der Waals surface area contributed by atoms with E-state index in [-0.39, 0.29) is 48.1 Å². The molecule has 6 nitrogen and oxygen atoms in total. The van der Waals surface area contributed by atoms with Gasteiger partial charge in [-0.25, -0.2) is 8.78 Å². The van der Waals surface area contributed by atoms with Gasteiger partial charge in [-0.1, -0.05) is 12.1 Å². The molecule has 2 N–H and O–H groups in total. The summed E-state index contributed by atoms with van der Waals surface area (Å²) in [6.07, 6.45) is 2.42. The van der Waals surface area contributed by atoms with Gasteiger partial charge in [0.05, 0.1) is 27.2 Å². The van der Waals surface area contributed by atoms with Gasteiger partial charge in [-0.2, -0.15) is 0 Å². The highest BCUT2D eigenvalue weighted by Gasteiger charge is 2.27. The maximum atomic E-state index is 14.5. The van der Waals surface area contributed by atoms with E-state index in [4.69, 9.17) is 9.84 Å². The fourth-order valence-electron chi connectivity index (χ4n) is 4.23. The van der Waals surface area contributed by atoms with E-state index in [9.17, 15) is 23.2 Å². The number of benzene rings is 2. The van der Waals surface area contributed by atoms with Gasteiger partial charge in [0.1, 0.15) is 17.4 Å². The number of fused-ring (bicyclic) bond motifs is 1. The van der Waals surface area contributed by atoms with E-state index < -0.39 is 11.8 Å². The zero-order valence-electron chi connectivity index (χ0n) is 18.9. The first-order valence-corrected chi connectivity index (χ1v) is 12.3. The van der Waals surface area contributed by atoms with Crippen LogP contribution < -0.4 is 10.1 Å². The lowest BCUT2D eigenvalue weighted by Gasteiger charge is -2.26. The summed E-state index contributed by atoms with van der Waals surface area (Å²) in [5, 5.41) is 12.4. The Morgan fingerprint density at radius 3 is 2.49 bits per heavy atom. The number of hydrogen-bond donors (Lipinski definition) is 2. The summed E-state index contributed by atoms with van der Waals surface area (Å²) in [4.78, 5) is 36.2. The van der Waals surface area contributed by atoms with Crippen molar-refractivity contribution in [3.63, 3.8) is 0 Å². The fraction of sp³-hybridized carbons (Fsp3) is 0.346. The molecule has 1 heterocycles. The lowest BCUT2D eigenvalue weighted by atomic mass is 9.87. The normalized spacial score (nSPS) is 17.8. The minimum Gasteiger partial charge on any atom is -0.490 e. The minimum absolute atomic E-state index is 0.0433. The molecule has 0 atom stereocenters. The first-order valence-electron chi connectivity index (χ1n) is 11.5. The molecule has 3 aromatic rings. The molecule has 35 heavy (non-hydrogen) atoms. The first kappa shape index (κ1) is 24.8. The highest BCUT2D eigenvalue weighted by atomic mass is 32.1. The zero-order valence-corrected chi connectivity index (χ0v) is 19.7. The fourth-order valence-corrected chi connectivity index (χ4v) is 5.21. The summed E-state index contributed by atoms with van der Waals surface area (Å²) in [5.74, 6) is -2.62. The molecule has 1 aliphatic carbocycles. The lowest BCUT2D eigenvalue weighted by Crippen LogP contribution is -2.27. The summed E-state index contributed by atoms with van der Waals surface area (Å²) in [7, 11) is 0. The lowest BCUT2D eigenvalue weighted by molar-refractivity contribution is -0.143. The Balaban J connectivity index is 1.24. The number of ketones is 1. The van der Waals surface area contributed by atoms with E-state index in [1.807, 2.05) is 0 Å². The molecule has 9 heteroatoms. The molecule has 1 fully saturated rings. The Morgan fingerprint density at radius 1 is 1.03 bits per heavy atom. The van der Waals surface area contributed by atoms with Gasteiger partial charge < -0.3 is 15.2 Å². The largest absolute Gasteiger partial charge is 0.490 e. The van der Waals surface area contributed by atoms with Crippen LogP contribution in [-0.2, 0) is 4.79 Å². The summed E-state index contributed by atoms with van der Waals surface area (Å²) in [6.45, 7) is 0.225. The van der Waals surface area contributed by atoms with Crippen LogP contribution in [0.4, 0.5) is 8.78 Å². The topological polar surface area (TPSA) is 92.7 Å². The van der Waals surface area contributed by atoms with E-state index >= 15 is 0 Å². The average Bonchev–Trinajstić information content (AvgIpc) is 3.28. The van der Waals surface area contributed by atoms with Crippen LogP contribution in [0, 0.1) is 17.6 Å². The monoisotopic (exact) mass is 501 g/mol. The molecular formula is C26H25F2NO5S. The molecule has 0 aliphatic heterocycles. The van der Waals surface area contributed by atoms with Crippen molar-refractivity contribution in [1.82, 2.24) is 5.32 Å². The second kappa shape index (κ2) is 10.9. The van der Waals surface area contributed by atoms with Crippen molar-refractivity contribution < 1.29 is 33.0 Å². The maximum Gasteiger partial charge on any atom is 0.306 e. The highest BCUT2D eigenvalue weighted by molar-refractivity contribution is 7.20. The smallest absolute Gasteiger partial charge is 0.306 e. The van der Waals surface area contributed by atoms with Crippen LogP contribution >= 0.6 is 11.3 Å². The number of carbonyl (C=O) groups is 3. The van der Waals surface area contributed by atoms with E-state index in [0.717, 1.165) is 11.3 Å². The number of nitrogens with one attached hydrogen (secondary N) is 1. The Morgan fingerprint density at radius 2 is 1.80 bits per heavy atom. The molecule has 4 rings (SSSR count). The molecule has 1 aromatic heterocycles. The SMILES string of the molecule is O=C(NCCCC(=O)c1ccc(OC2CCC(C(=O)O)CC2)cc1F)c1cc2cccc(F)c2s1. The van der Waals surface area contributed by atoms with Crippen molar-refractivity contribution in [1.29, 1.82) is 0 Å². The van der Waals surface area contributed by atoms with Crippen LogP contribution in [0.25, 0.3) is 10.1 Å². The van der Waals surface area contributed by atoms with Crippen molar-refractivity contribution in [3.8, 4) is 5.75 Å². The third-order valence-corrected chi connectivity index (χ3v) is 7.31. The van der Waals surface area contributed by atoms with Gasteiger partial charge in [-0.3, -0.25) is 14.4 Å². The van der Waals surface area contributed by atoms with Crippen molar-refractivity contribution in [2.75, 3.05) is 6.54 Å². The number of hydrogen-bond acceptors (Lipinski definition) is 5. The first-order chi connectivity index (χ1) is 16.8. The average molecular weight is 502 g/mol. The number of rotatable bonds is 9. The predicted octanol–water partition coefficient (Wildman–Crippen LogP) is 5.59. The van der Waals surface area contributed by atoms with Gasteiger partial charge in [0.2, 0.25) is 0 Å². The van der Waals surface area contributed by atoms with Gasteiger partial charge in [0.25, 0.3) is 5.91 Å². The Labute approximate surface area is 204 Å². The molecule has 1 saturated carbocycles. The minimum atomic E-state index is -0.799. The van der Waals surface area contributed by atoms with Crippen molar-refractivity contribution in [2.24, 2.45) is 5.92 Å². The standard InChI is InChI=1S/C26H25F2NO5S/c27-20-4-1-3-16-13-23(35-24(16)20)25(31)29-12-2-5-22(30)19-11-10-18(14-21(19)28)34-17-8-6-15(7-9-17)26(32)33/h1,3-4,10-11,13-15,17H,2,5-9,12H2,(H,29,31)(H,32,33). The molecule has 1 aliphatic rings. The van der Waals surface area contributed by atoms with Crippen LogP contribution in [0.1, 0.15) is 58.6 Å². The number of halogens is 2. The summed E-state index contributed by atoms with van der Waals surface area (Å²) in [6, 6.07) is 10.4. The number of carboxylic acids is 1. The predicted molar refractivity (Wildman–Crippen MR) is 128 cm³/mol. The molecule has 0 spiro atoms. The van der Waals surface area contributed by atoms with Gasteiger partial charge in [-0.05, 0) is 61.8 Å². The number of aliphatic carboxylic acids is 1. The summed E-state index contributed by atoms with van der Waals surface area (Å²) < 4.78 is 34.6. The van der Waals surface area contributed by atoms with Crippen LogP contribution in [0.5, 0.6) is 5.75 Å². The van der Waals surface area contributed by atoms with Crippen LogP contribution in [0.15, 0.2) is 42.5 Å². The number of Topliss-reactive ketones (excluding diaryl/α,β-unsaturated/α-hetero) is 1. The van der Waals surface area contributed by atoms with Gasteiger partial charge in [-0.15, -0.1) is 11.3 Å². The zero-order chi connectivity index (χ0) is 24.9. The second-order valence-electron chi connectivity index (χ2n) is 8.62. The number of amides is 1. The van der Waals surface area contributed by atoms with Gasteiger partial charge >= 0.3 is 5.97 Å². The molecule has 0 saturated heterocycles. The Bertz CT molecular complexity index is 1250. The number of carboxylic acid groups (broad SMARTS) is 1. The van der Waals surface area contributed by atoms with Crippen LogP contribution in [-0.4, -0.2) is 35.4 Å². The Hall–Kier alpha value is -3.33. The molecular weight excluding hydrogens is 476 g/mol. The number of carbonyl (C=O) groups excluding carboxylic acids is 2. The molecule has 0 unspecified atom stereocenters. The van der Waals surface area contributed by atoms with Crippen LogP contribution in [0.3, 0.4) is 0 Å². The maximum absolute atomic E-state index is 14.5. The molecule has 184 valence electrons. The van der Waals surface area contributed by atoms with E-state index in [1.54, 1.807) is 24.3 Å². The van der Waals surface area contributed by atoms with Crippen molar-refractivity contribution in [2.45, 2.75) is 44.6 Å². The van der Waals surface area contributed by atoms with Crippen molar-refractivity contribution >= 4 is 39.1 Å².